The molecule has 8 heteroatoms. The fourth-order valence-corrected chi connectivity index (χ4v) is 3.38. The summed E-state index contributed by atoms with van der Waals surface area (Å²) in [6, 6.07) is 7.82. The Morgan fingerprint density at radius 2 is 1.96 bits per heavy atom. The number of carbonyl (C=O) groups excluding carboxylic acids is 1. The fraction of sp³-hybridized carbons (Fsp3) is 0.474. The zero-order chi connectivity index (χ0) is 19.2. The third-order valence-corrected chi connectivity index (χ3v) is 5.20. The summed E-state index contributed by atoms with van der Waals surface area (Å²) in [7, 11) is 1.16. The number of carbonyl (C=O) groups is 1. The van der Waals surface area contributed by atoms with Gasteiger partial charge in [-0.1, -0.05) is 12.1 Å². The van der Waals surface area contributed by atoms with Gasteiger partial charge in [-0.15, -0.1) is 0 Å². The van der Waals surface area contributed by atoms with Crippen LogP contribution in [-0.4, -0.2) is 28.3 Å². The van der Waals surface area contributed by atoms with Crippen molar-refractivity contribution in [1.29, 1.82) is 0 Å². The second-order valence-electron chi connectivity index (χ2n) is 7.40. The molecule has 2 fully saturated rings. The van der Waals surface area contributed by atoms with Gasteiger partial charge >= 0.3 is 6.18 Å². The normalized spacial score (nSPS) is 21.9. The zero-order valence-corrected chi connectivity index (χ0v) is 14.9. The van der Waals surface area contributed by atoms with Crippen molar-refractivity contribution < 1.29 is 18.0 Å². The van der Waals surface area contributed by atoms with Crippen LogP contribution in [-0.2, 0) is 13.2 Å². The molecule has 1 aromatic carbocycles. The van der Waals surface area contributed by atoms with E-state index in [1.165, 1.54) is 18.4 Å². The molecule has 0 bridgehead atoms. The third-order valence-electron chi connectivity index (χ3n) is 5.20. The van der Waals surface area contributed by atoms with E-state index in [-0.39, 0.29) is 0 Å². The first kappa shape index (κ1) is 18.0. The van der Waals surface area contributed by atoms with E-state index in [9.17, 15) is 18.0 Å². The Hall–Kier alpha value is -2.35. The van der Waals surface area contributed by atoms with E-state index in [1.807, 2.05) is 12.1 Å². The Labute approximate surface area is 154 Å². The smallest absolute Gasteiger partial charge is 0.322 e. The topological polar surface area (TPSA) is 59.0 Å². The van der Waals surface area contributed by atoms with Gasteiger partial charge in [-0.3, -0.25) is 9.48 Å². The van der Waals surface area contributed by atoms with Crippen molar-refractivity contribution >= 4 is 11.6 Å². The number of benzene rings is 1. The molecule has 2 unspecified atom stereocenters. The van der Waals surface area contributed by atoms with Gasteiger partial charge in [-0.2, -0.15) is 18.3 Å². The molecule has 4 rings (SSSR count). The zero-order valence-electron chi connectivity index (χ0n) is 14.9. The van der Waals surface area contributed by atoms with Crippen LogP contribution in [0.3, 0.4) is 0 Å². The van der Waals surface area contributed by atoms with Crippen LogP contribution in [0.2, 0.25) is 0 Å². The molecule has 1 aromatic heterocycles. The summed E-state index contributed by atoms with van der Waals surface area (Å²) >= 11 is 0. The Balaban J connectivity index is 1.38. The van der Waals surface area contributed by atoms with Gasteiger partial charge in [0, 0.05) is 24.7 Å². The lowest BCUT2D eigenvalue weighted by Gasteiger charge is -2.10. The molecule has 5 nitrogen and oxygen atoms in total. The van der Waals surface area contributed by atoms with E-state index < -0.39 is 23.3 Å². The highest BCUT2D eigenvalue weighted by molar-refractivity contribution is 6.05. The van der Waals surface area contributed by atoms with Crippen molar-refractivity contribution in [2.45, 2.75) is 37.4 Å². The van der Waals surface area contributed by atoms with Crippen LogP contribution in [0.5, 0.6) is 0 Å². The van der Waals surface area contributed by atoms with E-state index in [0.717, 1.165) is 32.1 Å². The molecule has 2 aliphatic carbocycles. The molecule has 2 aromatic rings. The number of rotatable bonds is 6. The summed E-state index contributed by atoms with van der Waals surface area (Å²) in [5.74, 6) is 0.500. The van der Waals surface area contributed by atoms with Crippen molar-refractivity contribution in [1.82, 2.24) is 15.1 Å². The summed E-state index contributed by atoms with van der Waals surface area (Å²) < 4.78 is 40.0. The maximum atomic E-state index is 13.1. The van der Waals surface area contributed by atoms with Crippen LogP contribution in [0, 0.1) is 5.92 Å². The van der Waals surface area contributed by atoms with E-state index in [1.54, 1.807) is 12.1 Å². The first-order valence-electron chi connectivity index (χ1n) is 9.07. The molecule has 144 valence electrons. The highest BCUT2D eigenvalue weighted by Crippen LogP contribution is 2.42. The number of nitrogens with one attached hydrogen (secondary N) is 2. The molecular weight excluding hydrogens is 357 g/mol. The summed E-state index contributed by atoms with van der Waals surface area (Å²) in [6.45, 7) is 1.09. The Morgan fingerprint density at radius 1 is 1.26 bits per heavy atom. The van der Waals surface area contributed by atoms with Crippen LogP contribution in [0.1, 0.15) is 46.8 Å². The number of amides is 1. The van der Waals surface area contributed by atoms with E-state index in [4.69, 9.17) is 0 Å². The molecule has 0 spiro atoms. The average Bonchev–Trinajstić information content (AvgIpc) is 3.51. The first-order chi connectivity index (χ1) is 12.8. The summed E-state index contributed by atoms with van der Waals surface area (Å²) in [4.78, 5) is 12.3. The molecule has 2 aliphatic rings. The standard InChI is InChI=1S/C19H21F3N4O/c1-26-17(19(20,21)22)15(10-24-26)18(27)25-13-6-4-12(5-7-13)14-8-16(14)23-9-11-2-3-11/h4-7,10-11,14,16,23H,2-3,8-9H2,1H3,(H,25,27). The van der Waals surface area contributed by atoms with E-state index >= 15 is 0 Å². The summed E-state index contributed by atoms with van der Waals surface area (Å²) in [5.41, 5.74) is 0.0994. The van der Waals surface area contributed by atoms with Crippen molar-refractivity contribution in [3.63, 3.8) is 0 Å². The van der Waals surface area contributed by atoms with Crippen LogP contribution in [0.15, 0.2) is 30.5 Å². The molecule has 0 radical (unpaired) electrons. The number of nitrogens with zero attached hydrogens (tertiary/aromatic N) is 2. The second-order valence-corrected chi connectivity index (χ2v) is 7.40. The fourth-order valence-electron chi connectivity index (χ4n) is 3.38. The molecule has 1 heterocycles. The lowest BCUT2D eigenvalue weighted by Crippen LogP contribution is -2.20. The predicted molar refractivity (Wildman–Crippen MR) is 94.5 cm³/mol. The van der Waals surface area contributed by atoms with Crippen molar-refractivity contribution in [2.24, 2.45) is 13.0 Å². The minimum Gasteiger partial charge on any atom is -0.322 e. The maximum Gasteiger partial charge on any atom is 0.433 e. The monoisotopic (exact) mass is 378 g/mol. The van der Waals surface area contributed by atoms with Gasteiger partial charge in [0.2, 0.25) is 0 Å². The number of alkyl halides is 3. The van der Waals surface area contributed by atoms with Gasteiger partial charge < -0.3 is 10.6 Å². The average molecular weight is 378 g/mol. The predicted octanol–water partition coefficient (Wildman–Crippen LogP) is 3.55. The molecule has 27 heavy (non-hydrogen) atoms. The lowest BCUT2D eigenvalue weighted by atomic mass is 10.1. The van der Waals surface area contributed by atoms with Gasteiger partial charge in [-0.25, -0.2) is 0 Å². The summed E-state index contributed by atoms with van der Waals surface area (Å²) in [6.07, 6.45) is 0.0453. The van der Waals surface area contributed by atoms with Gasteiger partial charge in [0.05, 0.1) is 11.8 Å². The number of halogens is 3. The molecular formula is C19H21F3N4O. The number of hydrogen-bond acceptors (Lipinski definition) is 3. The largest absolute Gasteiger partial charge is 0.433 e. The number of hydrogen-bond donors (Lipinski definition) is 2. The van der Waals surface area contributed by atoms with Crippen LogP contribution >= 0.6 is 0 Å². The molecule has 2 saturated carbocycles. The van der Waals surface area contributed by atoms with Crippen LogP contribution in [0.25, 0.3) is 0 Å². The highest BCUT2D eigenvalue weighted by Gasteiger charge is 2.40. The van der Waals surface area contributed by atoms with Crippen molar-refractivity contribution in [3.05, 3.63) is 47.3 Å². The maximum absolute atomic E-state index is 13.1. The summed E-state index contributed by atoms with van der Waals surface area (Å²) in [5, 5.41) is 9.66. The number of anilines is 1. The minimum absolute atomic E-state index is 0.462. The molecule has 0 saturated heterocycles. The number of aryl methyl sites for hydroxylation is 1. The van der Waals surface area contributed by atoms with Crippen LogP contribution in [0.4, 0.5) is 18.9 Å². The third kappa shape index (κ3) is 4.00. The van der Waals surface area contributed by atoms with Crippen LogP contribution < -0.4 is 10.6 Å². The van der Waals surface area contributed by atoms with Gasteiger partial charge in [0.1, 0.15) is 0 Å². The Bertz CT molecular complexity index is 840. The quantitative estimate of drug-likeness (QED) is 0.808. The SMILES string of the molecule is Cn1ncc(C(=O)Nc2ccc(C3CC3NCC3CC3)cc2)c1C(F)(F)F. The molecule has 0 aliphatic heterocycles. The highest BCUT2D eigenvalue weighted by atomic mass is 19.4. The number of aromatic nitrogens is 2. The lowest BCUT2D eigenvalue weighted by molar-refractivity contribution is -0.144. The van der Waals surface area contributed by atoms with E-state index in [2.05, 4.69) is 15.7 Å². The van der Waals surface area contributed by atoms with Gasteiger partial charge in [0.25, 0.3) is 5.91 Å². The second kappa shape index (κ2) is 6.67. The van der Waals surface area contributed by atoms with Crippen molar-refractivity contribution in [2.75, 3.05) is 11.9 Å². The van der Waals surface area contributed by atoms with E-state index in [0.29, 0.717) is 22.3 Å². The van der Waals surface area contributed by atoms with Gasteiger partial charge in [-0.05, 0) is 49.4 Å². The first-order valence-corrected chi connectivity index (χ1v) is 9.07. The molecule has 2 N–H and O–H groups in total. The Morgan fingerprint density at radius 3 is 2.59 bits per heavy atom. The van der Waals surface area contributed by atoms with Gasteiger partial charge in [0.15, 0.2) is 5.69 Å². The molecule has 1 amide bonds. The van der Waals surface area contributed by atoms with Crippen molar-refractivity contribution in [3.8, 4) is 0 Å². The Kier molecular flexibility index (Phi) is 4.46. The molecule has 2 atom stereocenters. The minimum atomic E-state index is -4.64.